The molecule has 4 nitrogen and oxygen atoms in total. The third-order valence-electron chi connectivity index (χ3n) is 3.31. The largest absolute Gasteiger partial charge is 0.396 e. The number of rotatable bonds is 6. The first-order valence-corrected chi connectivity index (χ1v) is 6.86. The van der Waals surface area contributed by atoms with Crippen molar-refractivity contribution in [3.05, 3.63) is 29.6 Å². The maximum Gasteiger partial charge on any atom is 0.322 e. The summed E-state index contributed by atoms with van der Waals surface area (Å²) in [6.45, 7) is 0.473. The Morgan fingerprint density at radius 3 is 2.48 bits per heavy atom. The summed E-state index contributed by atoms with van der Waals surface area (Å²) in [6.07, 6.45) is 2.93. The van der Waals surface area contributed by atoms with Crippen LogP contribution in [0.1, 0.15) is 25.7 Å². The van der Waals surface area contributed by atoms with Gasteiger partial charge in [0, 0.05) is 31.3 Å². The average molecular weight is 302 g/mol. The predicted molar refractivity (Wildman–Crippen MR) is 71.4 cm³/mol. The monoisotopic (exact) mass is 302 g/mol. The van der Waals surface area contributed by atoms with Gasteiger partial charge in [0.05, 0.1) is 5.69 Å². The van der Waals surface area contributed by atoms with Crippen LogP contribution < -0.4 is 5.32 Å². The van der Waals surface area contributed by atoms with E-state index in [4.69, 9.17) is 5.11 Å². The van der Waals surface area contributed by atoms with Crippen LogP contribution in [0.3, 0.4) is 0 Å². The van der Waals surface area contributed by atoms with Crippen LogP contribution in [0, 0.1) is 17.5 Å². The first-order valence-electron chi connectivity index (χ1n) is 6.86. The number of nitrogens with zero attached hydrogens (tertiary/aromatic N) is 1. The Bertz CT molecular complexity index is 521. The van der Waals surface area contributed by atoms with E-state index in [1.807, 2.05) is 0 Å². The van der Waals surface area contributed by atoms with E-state index in [0.29, 0.717) is 31.5 Å². The van der Waals surface area contributed by atoms with Gasteiger partial charge in [-0.25, -0.2) is 18.0 Å². The molecule has 1 aromatic carbocycles. The fourth-order valence-corrected chi connectivity index (χ4v) is 2.04. The van der Waals surface area contributed by atoms with Crippen molar-refractivity contribution in [1.82, 2.24) is 4.90 Å². The molecule has 0 aromatic heterocycles. The highest BCUT2D eigenvalue weighted by atomic mass is 19.2. The molecule has 2 amide bonds. The van der Waals surface area contributed by atoms with Gasteiger partial charge in [0.1, 0.15) is 5.82 Å². The number of halogens is 3. The lowest BCUT2D eigenvalue weighted by molar-refractivity contribution is 0.203. The van der Waals surface area contributed by atoms with Crippen molar-refractivity contribution in [2.24, 2.45) is 0 Å². The predicted octanol–water partition coefficient (Wildman–Crippen LogP) is 2.87. The smallest absolute Gasteiger partial charge is 0.322 e. The summed E-state index contributed by atoms with van der Waals surface area (Å²) >= 11 is 0. The number of hydrogen-bond donors (Lipinski definition) is 2. The van der Waals surface area contributed by atoms with E-state index in [9.17, 15) is 18.0 Å². The molecule has 0 spiro atoms. The highest BCUT2D eigenvalue weighted by Gasteiger charge is 2.32. The lowest BCUT2D eigenvalue weighted by Gasteiger charge is -2.23. The Morgan fingerprint density at radius 1 is 1.19 bits per heavy atom. The van der Waals surface area contributed by atoms with Gasteiger partial charge < -0.3 is 15.3 Å². The van der Waals surface area contributed by atoms with Gasteiger partial charge in [-0.15, -0.1) is 0 Å². The van der Waals surface area contributed by atoms with Crippen molar-refractivity contribution < 1.29 is 23.1 Å². The van der Waals surface area contributed by atoms with E-state index in [1.165, 1.54) is 4.90 Å². The molecule has 0 unspecified atom stereocenters. The SMILES string of the molecule is O=C(Nc1cc(F)c(F)cc1F)N(CCCCO)C1CC1. The van der Waals surface area contributed by atoms with Crippen molar-refractivity contribution in [1.29, 1.82) is 0 Å². The first-order chi connectivity index (χ1) is 10.0. The number of benzene rings is 1. The van der Waals surface area contributed by atoms with Crippen LogP contribution in [0.25, 0.3) is 0 Å². The minimum absolute atomic E-state index is 0.0396. The molecule has 0 radical (unpaired) electrons. The second kappa shape index (κ2) is 6.80. The molecular weight excluding hydrogens is 285 g/mol. The van der Waals surface area contributed by atoms with Crippen molar-refractivity contribution in [3.63, 3.8) is 0 Å². The van der Waals surface area contributed by atoms with Gasteiger partial charge in [0.2, 0.25) is 0 Å². The van der Waals surface area contributed by atoms with Gasteiger partial charge in [-0.3, -0.25) is 0 Å². The number of aliphatic hydroxyl groups is 1. The Hall–Kier alpha value is -1.76. The molecule has 2 N–H and O–H groups in total. The minimum atomic E-state index is -1.30. The molecule has 2 rings (SSSR count). The number of hydrogen-bond acceptors (Lipinski definition) is 2. The van der Waals surface area contributed by atoms with E-state index in [1.54, 1.807) is 0 Å². The lowest BCUT2D eigenvalue weighted by atomic mass is 10.2. The zero-order chi connectivity index (χ0) is 15.4. The van der Waals surface area contributed by atoms with E-state index in [2.05, 4.69) is 5.32 Å². The van der Waals surface area contributed by atoms with E-state index < -0.39 is 23.5 Å². The molecule has 21 heavy (non-hydrogen) atoms. The topological polar surface area (TPSA) is 52.6 Å². The molecule has 0 atom stereocenters. The van der Waals surface area contributed by atoms with Crippen molar-refractivity contribution in [2.45, 2.75) is 31.7 Å². The molecule has 0 heterocycles. The number of carbonyl (C=O) groups excluding carboxylic acids is 1. The van der Waals surface area contributed by atoms with Crippen LogP contribution in [-0.4, -0.2) is 35.2 Å². The molecule has 1 fully saturated rings. The van der Waals surface area contributed by atoms with Crippen molar-refractivity contribution in [2.75, 3.05) is 18.5 Å². The van der Waals surface area contributed by atoms with Crippen LogP contribution in [0.5, 0.6) is 0 Å². The molecule has 7 heteroatoms. The Labute approximate surface area is 120 Å². The zero-order valence-electron chi connectivity index (χ0n) is 11.4. The fourth-order valence-electron chi connectivity index (χ4n) is 2.04. The van der Waals surface area contributed by atoms with Crippen molar-refractivity contribution in [3.8, 4) is 0 Å². The molecule has 0 bridgehead atoms. The van der Waals surface area contributed by atoms with Crippen LogP contribution in [0.2, 0.25) is 0 Å². The molecule has 1 saturated carbocycles. The quantitative estimate of drug-likeness (QED) is 0.627. The minimum Gasteiger partial charge on any atom is -0.396 e. The Balaban J connectivity index is 2.03. The third kappa shape index (κ3) is 4.10. The molecular formula is C14H17F3N2O2. The zero-order valence-corrected chi connectivity index (χ0v) is 11.4. The van der Waals surface area contributed by atoms with Gasteiger partial charge in [-0.1, -0.05) is 0 Å². The van der Waals surface area contributed by atoms with Gasteiger partial charge in [-0.2, -0.15) is 0 Å². The maximum absolute atomic E-state index is 13.5. The van der Waals surface area contributed by atoms with Gasteiger partial charge in [0.15, 0.2) is 11.6 Å². The summed E-state index contributed by atoms with van der Waals surface area (Å²) in [5, 5.41) is 11.0. The summed E-state index contributed by atoms with van der Waals surface area (Å²) in [5.74, 6) is -3.54. The van der Waals surface area contributed by atoms with Crippen LogP contribution >= 0.6 is 0 Å². The number of anilines is 1. The molecule has 0 aliphatic heterocycles. The van der Waals surface area contributed by atoms with Crippen LogP contribution in [-0.2, 0) is 0 Å². The second-order valence-corrected chi connectivity index (χ2v) is 5.03. The number of unbranched alkanes of at least 4 members (excludes halogenated alkanes) is 1. The summed E-state index contributed by atoms with van der Waals surface area (Å²) in [4.78, 5) is 13.6. The number of nitrogens with one attached hydrogen (secondary N) is 1. The molecule has 0 saturated heterocycles. The van der Waals surface area contributed by atoms with Crippen LogP contribution in [0.4, 0.5) is 23.7 Å². The number of urea groups is 1. The standard InChI is InChI=1S/C14H17F3N2O2/c15-10-7-12(17)13(8-11(10)16)18-14(21)19(9-3-4-9)5-1-2-6-20/h7-9,20H,1-6H2,(H,18,21). The summed E-state index contributed by atoms with van der Waals surface area (Å²) in [6, 6.07) is 0.580. The summed E-state index contributed by atoms with van der Waals surface area (Å²) in [5.41, 5.74) is -0.383. The van der Waals surface area contributed by atoms with Crippen LogP contribution in [0.15, 0.2) is 12.1 Å². The van der Waals surface area contributed by atoms with E-state index >= 15 is 0 Å². The summed E-state index contributed by atoms with van der Waals surface area (Å²) in [7, 11) is 0. The highest BCUT2D eigenvalue weighted by molar-refractivity contribution is 5.89. The molecule has 1 aliphatic rings. The molecule has 1 aliphatic carbocycles. The second-order valence-electron chi connectivity index (χ2n) is 5.03. The Kier molecular flexibility index (Phi) is 5.06. The van der Waals surface area contributed by atoms with E-state index in [-0.39, 0.29) is 18.3 Å². The first kappa shape index (κ1) is 15.6. The highest BCUT2D eigenvalue weighted by Crippen LogP contribution is 2.28. The summed E-state index contributed by atoms with van der Waals surface area (Å²) < 4.78 is 39.4. The normalized spacial score (nSPS) is 14.1. The average Bonchev–Trinajstić information content (AvgIpc) is 3.25. The number of carbonyl (C=O) groups is 1. The molecule has 116 valence electrons. The van der Waals surface area contributed by atoms with E-state index in [0.717, 1.165) is 12.8 Å². The number of amides is 2. The fraction of sp³-hybridized carbons (Fsp3) is 0.500. The Morgan fingerprint density at radius 2 is 1.86 bits per heavy atom. The molecule has 1 aromatic rings. The van der Waals surface area contributed by atoms with Crippen molar-refractivity contribution >= 4 is 11.7 Å². The maximum atomic E-state index is 13.5. The van der Waals surface area contributed by atoms with Gasteiger partial charge >= 0.3 is 6.03 Å². The third-order valence-corrected chi connectivity index (χ3v) is 3.31. The van der Waals surface area contributed by atoms with Gasteiger partial charge in [-0.05, 0) is 25.7 Å². The lowest BCUT2D eigenvalue weighted by Crippen LogP contribution is -2.37. The van der Waals surface area contributed by atoms with Gasteiger partial charge in [0.25, 0.3) is 0 Å². The number of aliphatic hydroxyl groups excluding tert-OH is 1.